The first-order valence-electron chi connectivity index (χ1n) is 9.37. The second-order valence-corrected chi connectivity index (χ2v) is 7.73. The van der Waals surface area contributed by atoms with Crippen LogP contribution in [0, 0.1) is 0 Å². The van der Waals surface area contributed by atoms with Crippen LogP contribution in [0.15, 0.2) is 58.3 Å². The lowest BCUT2D eigenvalue weighted by molar-refractivity contribution is -0.345. The Hall–Kier alpha value is -2.22. The van der Waals surface area contributed by atoms with Gasteiger partial charge in [-0.1, -0.05) is 36.0 Å². The van der Waals surface area contributed by atoms with Crippen molar-refractivity contribution in [1.29, 1.82) is 0 Å². The second-order valence-electron chi connectivity index (χ2n) is 6.26. The van der Waals surface area contributed by atoms with Gasteiger partial charge in [0.15, 0.2) is 0 Å². The van der Waals surface area contributed by atoms with Crippen LogP contribution in [0.25, 0.3) is 0 Å². The van der Waals surface area contributed by atoms with Gasteiger partial charge in [0.1, 0.15) is 0 Å². The molecule has 8 heteroatoms. The molecule has 0 bridgehead atoms. The molecule has 0 aromatic heterocycles. The third-order valence-corrected chi connectivity index (χ3v) is 5.57. The number of carbonyl (C=O) groups excluding carboxylic acids is 2. The quantitative estimate of drug-likeness (QED) is 0.384. The fraction of sp³-hybridized carbons (Fsp3) is 0.333. The number of nitrogens with zero attached hydrogens (tertiary/aromatic N) is 1. The number of rotatable bonds is 8. The van der Waals surface area contributed by atoms with Crippen molar-refractivity contribution in [3.63, 3.8) is 0 Å². The summed E-state index contributed by atoms with van der Waals surface area (Å²) >= 11 is 7.57. The Morgan fingerprint density at radius 3 is 1.90 bits per heavy atom. The Kier molecular flexibility index (Phi) is 9.83. The lowest BCUT2D eigenvalue weighted by Gasteiger charge is -2.32. The van der Waals surface area contributed by atoms with Gasteiger partial charge in [-0.2, -0.15) is 0 Å². The Morgan fingerprint density at radius 1 is 0.862 bits per heavy atom. The molecular formula is C21H23ClN2O4S-2. The standard InChI is InChI=1S/C19H23ClN2S.C2H2O4/c20-12-5-6-13-21-14-7-15-22-16-8-1-3-10-18(16)23-19-11-4-2-9-17(19)22;3-1(4)2(5)6/h1-4,8-11,21H,5-7,12-15H2;(H,3,4)(H,5,6)/p-2. The van der Waals surface area contributed by atoms with Crippen LogP contribution in [-0.4, -0.2) is 37.5 Å². The maximum absolute atomic E-state index is 8.93. The Balaban J connectivity index is 0.000000438. The van der Waals surface area contributed by atoms with E-state index in [1.54, 1.807) is 0 Å². The minimum atomic E-state index is -2.19. The van der Waals surface area contributed by atoms with Gasteiger partial charge in [-0.3, -0.25) is 0 Å². The largest absolute Gasteiger partial charge is 0.543 e. The monoisotopic (exact) mass is 434 g/mol. The number of unbranched alkanes of at least 4 members (excludes halogenated alkanes) is 1. The molecule has 1 heterocycles. The molecule has 2 aromatic rings. The highest BCUT2D eigenvalue weighted by Gasteiger charge is 2.21. The number of benzene rings is 2. The molecular weight excluding hydrogens is 412 g/mol. The van der Waals surface area contributed by atoms with Gasteiger partial charge in [0.25, 0.3) is 0 Å². The molecule has 3 rings (SSSR count). The van der Waals surface area contributed by atoms with Crippen LogP contribution in [0.1, 0.15) is 19.3 Å². The number of alkyl halides is 1. The topological polar surface area (TPSA) is 95.5 Å². The molecule has 0 amide bonds. The van der Waals surface area contributed by atoms with E-state index in [2.05, 4.69) is 58.7 Å². The summed E-state index contributed by atoms with van der Waals surface area (Å²) in [7, 11) is 0. The van der Waals surface area contributed by atoms with Gasteiger partial charge >= 0.3 is 0 Å². The highest BCUT2D eigenvalue weighted by molar-refractivity contribution is 7.99. The summed E-state index contributed by atoms with van der Waals surface area (Å²) in [6.45, 7) is 3.16. The zero-order valence-corrected chi connectivity index (χ0v) is 17.5. The van der Waals surface area contributed by atoms with Gasteiger partial charge in [-0.25, -0.2) is 0 Å². The van der Waals surface area contributed by atoms with E-state index in [-0.39, 0.29) is 0 Å². The van der Waals surface area contributed by atoms with E-state index < -0.39 is 11.9 Å². The van der Waals surface area contributed by atoms with Crippen molar-refractivity contribution in [3.05, 3.63) is 48.5 Å². The van der Waals surface area contributed by atoms with Crippen molar-refractivity contribution in [2.75, 3.05) is 30.4 Å². The van der Waals surface area contributed by atoms with Crippen molar-refractivity contribution >= 4 is 46.7 Å². The van der Waals surface area contributed by atoms with Crippen molar-refractivity contribution in [2.45, 2.75) is 29.1 Å². The molecule has 0 aliphatic carbocycles. The second kappa shape index (κ2) is 12.4. The summed E-state index contributed by atoms with van der Waals surface area (Å²) < 4.78 is 0. The smallest absolute Gasteiger partial charge is 0.0870 e. The third-order valence-electron chi connectivity index (χ3n) is 4.17. The van der Waals surface area contributed by atoms with Crippen molar-refractivity contribution < 1.29 is 19.8 Å². The fourth-order valence-electron chi connectivity index (χ4n) is 2.85. The first kappa shape index (κ1) is 23.1. The van der Waals surface area contributed by atoms with Crippen molar-refractivity contribution in [3.8, 4) is 0 Å². The zero-order valence-electron chi connectivity index (χ0n) is 15.9. The molecule has 0 unspecified atom stereocenters. The first-order chi connectivity index (χ1) is 14.0. The number of carbonyl (C=O) groups is 2. The number of anilines is 2. The fourth-order valence-corrected chi connectivity index (χ4v) is 4.14. The first-order valence-corrected chi connectivity index (χ1v) is 10.7. The summed E-state index contributed by atoms with van der Waals surface area (Å²) in [4.78, 5) is 23.0. The van der Waals surface area contributed by atoms with Crippen molar-refractivity contribution in [2.24, 2.45) is 0 Å². The van der Waals surface area contributed by atoms with E-state index in [1.165, 1.54) is 21.2 Å². The third kappa shape index (κ3) is 7.27. The SMILES string of the molecule is ClCCCCNCCCN1c2ccccc2Sc2ccccc21.O=C([O-])C(=O)[O-]. The molecule has 0 fully saturated rings. The van der Waals surface area contributed by atoms with Crippen molar-refractivity contribution in [1.82, 2.24) is 5.32 Å². The molecule has 156 valence electrons. The molecule has 29 heavy (non-hydrogen) atoms. The number of hydrogen-bond acceptors (Lipinski definition) is 7. The van der Waals surface area contributed by atoms with Crippen LogP contribution >= 0.6 is 23.4 Å². The molecule has 0 saturated carbocycles. The summed E-state index contributed by atoms with van der Waals surface area (Å²) in [6, 6.07) is 17.4. The van der Waals surface area contributed by atoms with Crippen LogP contribution in [0.3, 0.4) is 0 Å². The number of hydrogen-bond donors (Lipinski definition) is 1. The predicted molar refractivity (Wildman–Crippen MR) is 111 cm³/mol. The molecule has 6 nitrogen and oxygen atoms in total. The van der Waals surface area contributed by atoms with Gasteiger partial charge in [0, 0.05) is 22.2 Å². The minimum Gasteiger partial charge on any atom is -0.543 e. The number of carboxylic acids is 2. The average Bonchev–Trinajstić information content (AvgIpc) is 2.72. The van der Waals surface area contributed by atoms with E-state index in [9.17, 15) is 0 Å². The van der Waals surface area contributed by atoms with E-state index in [1.807, 2.05) is 11.8 Å². The number of fused-ring (bicyclic) bond motifs is 2. The van der Waals surface area contributed by atoms with Gasteiger partial charge in [-0.15, -0.1) is 11.6 Å². The highest BCUT2D eigenvalue weighted by atomic mass is 35.5. The van der Waals surface area contributed by atoms with E-state index in [0.29, 0.717) is 0 Å². The van der Waals surface area contributed by atoms with Gasteiger partial charge in [0.05, 0.1) is 23.3 Å². The van der Waals surface area contributed by atoms with Crippen LogP contribution in [0.4, 0.5) is 11.4 Å². The Bertz CT molecular complexity index is 761. The number of nitrogens with one attached hydrogen (secondary N) is 1. The Labute approximate surface area is 179 Å². The number of halogens is 1. The molecule has 0 radical (unpaired) electrons. The summed E-state index contributed by atoms with van der Waals surface area (Å²) in [5.74, 6) is -3.61. The number of aliphatic carboxylic acids is 2. The summed E-state index contributed by atoms with van der Waals surface area (Å²) in [5.41, 5.74) is 2.66. The molecule has 1 aliphatic rings. The molecule has 1 aliphatic heterocycles. The summed E-state index contributed by atoms with van der Waals surface area (Å²) in [6.07, 6.45) is 3.39. The van der Waals surface area contributed by atoms with Crippen LogP contribution in [-0.2, 0) is 9.59 Å². The maximum Gasteiger partial charge on any atom is 0.0870 e. The lowest BCUT2D eigenvalue weighted by atomic mass is 10.2. The number of para-hydroxylation sites is 2. The molecule has 0 saturated heterocycles. The van der Waals surface area contributed by atoms with Gasteiger partial charge < -0.3 is 30.0 Å². The molecule has 0 atom stereocenters. The highest BCUT2D eigenvalue weighted by Crippen LogP contribution is 2.47. The number of carboxylic acid groups (broad SMARTS) is 2. The normalized spacial score (nSPS) is 11.7. The molecule has 2 aromatic carbocycles. The minimum absolute atomic E-state index is 0.765. The van der Waals surface area contributed by atoms with Crippen LogP contribution < -0.4 is 20.4 Å². The van der Waals surface area contributed by atoms with E-state index in [0.717, 1.165) is 44.8 Å². The van der Waals surface area contributed by atoms with Crippen LogP contribution in [0.2, 0.25) is 0 Å². The Morgan fingerprint density at radius 2 is 1.38 bits per heavy atom. The lowest BCUT2D eigenvalue weighted by Crippen LogP contribution is -2.42. The average molecular weight is 435 g/mol. The molecule has 0 spiro atoms. The van der Waals surface area contributed by atoms with Gasteiger partial charge in [-0.05, 0) is 56.6 Å². The van der Waals surface area contributed by atoms with E-state index in [4.69, 9.17) is 31.4 Å². The van der Waals surface area contributed by atoms with Gasteiger partial charge in [0.2, 0.25) is 0 Å². The maximum atomic E-state index is 8.93. The van der Waals surface area contributed by atoms with E-state index >= 15 is 0 Å². The predicted octanol–water partition coefficient (Wildman–Crippen LogP) is 1.77. The zero-order chi connectivity index (χ0) is 21.1. The van der Waals surface area contributed by atoms with Crippen LogP contribution in [0.5, 0.6) is 0 Å². The summed E-state index contributed by atoms with van der Waals surface area (Å²) in [5, 5.41) is 21.4. The molecule has 1 N–H and O–H groups in total.